The van der Waals surface area contributed by atoms with Gasteiger partial charge in [-0.15, -0.1) is 0 Å². The van der Waals surface area contributed by atoms with Crippen LogP contribution in [-0.2, 0) is 6.42 Å². The van der Waals surface area contributed by atoms with Crippen LogP contribution in [0.4, 0.5) is 8.78 Å². The molecule has 0 amide bonds. The number of rotatable bonds is 6. The highest BCUT2D eigenvalue weighted by atomic mass is 19.1. The molecule has 0 bridgehead atoms. The molecule has 0 spiro atoms. The summed E-state index contributed by atoms with van der Waals surface area (Å²) in [5, 5.41) is 3.27. The van der Waals surface area contributed by atoms with Gasteiger partial charge in [-0.3, -0.25) is 0 Å². The summed E-state index contributed by atoms with van der Waals surface area (Å²) in [5.74, 6) is -0.0657. The molecule has 0 fully saturated rings. The number of oxazole rings is 1. The Labute approximate surface area is 123 Å². The first-order valence-corrected chi connectivity index (χ1v) is 7.09. The van der Waals surface area contributed by atoms with E-state index in [-0.39, 0.29) is 11.3 Å². The van der Waals surface area contributed by atoms with E-state index in [0.29, 0.717) is 23.8 Å². The number of nitrogens with one attached hydrogen (secondary N) is 1. The van der Waals surface area contributed by atoms with Crippen LogP contribution >= 0.6 is 0 Å². The zero-order chi connectivity index (χ0) is 15.4. The normalized spacial score (nSPS) is 11.3. The Morgan fingerprint density at radius 1 is 1.29 bits per heavy atom. The molecule has 1 aromatic carbocycles. The van der Waals surface area contributed by atoms with Crippen LogP contribution in [0.2, 0.25) is 0 Å². The highest BCUT2D eigenvalue weighted by Crippen LogP contribution is 2.28. The molecule has 0 atom stereocenters. The summed E-state index contributed by atoms with van der Waals surface area (Å²) in [5.41, 5.74) is 0.229. The van der Waals surface area contributed by atoms with Crippen molar-refractivity contribution in [2.75, 3.05) is 13.1 Å². The van der Waals surface area contributed by atoms with E-state index >= 15 is 0 Å². The van der Waals surface area contributed by atoms with Gasteiger partial charge in [0.25, 0.3) is 0 Å². The Kier molecular flexibility index (Phi) is 5.07. The van der Waals surface area contributed by atoms with Crippen molar-refractivity contribution < 1.29 is 13.2 Å². The fourth-order valence-electron chi connectivity index (χ4n) is 2.01. The largest absolute Gasteiger partial charge is 0.440 e. The van der Waals surface area contributed by atoms with Gasteiger partial charge in [0.2, 0.25) is 0 Å². The number of aryl methyl sites for hydroxylation is 1. The third-order valence-electron chi connectivity index (χ3n) is 3.15. The number of aromatic nitrogens is 1. The molecule has 5 heteroatoms. The molecule has 0 saturated heterocycles. The molecular formula is C16H20F2N2O. The summed E-state index contributed by atoms with van der Waals surface area (Å²) >= 11 is 0. The minimum atomic E-state index is -0.640. The maximum absolute atomic E-state index is 14.0. The van der Waals surface area contributed by atoms with E-state index in [2.05, 4.69) is 24.1 Å². The van der Waals surface area contributed by atoms with Crippen molar-refractivity contribution in [2.45, 2.75) is 27.2 Å². The number of halogens is 2. The van der Waals surface area contributed by atoms with Gasteiger partial charge in [0.1, 0.15) is 11.6 Å². The summed E-state index contributed by atoms with van der Waals surface area (Å²) in [7, 11) is 0. The molecule has 1 heterocycles. The summed E-state index contributed by atoms with van der Waals surface area (Å²) in [6.45, 7) is 7.47. The van der Waals surface area contributed by atoms with E-state index < -0.39 is 11.6 Å². The average molecular weight is 294 g/mol. The van der Waals surface area contributed by atoms with Crippen molar-refractivity contribution in [1.82, 2.24) is 10.3 Å². The first kappa shape index (κ1) is 15.6. The summed E-state index contributed by atoms with van der Waals surface area (Å²) < 4.78 is 33.3. The quantitative estimate of drug-likeness (QED) is 0.825. The van der Waals surface area contributed by atoms with Gasteiger partial charge in [0.05, 0.1) is 11.8 Å². The highest BCUT2D eigenvalue weighted by Gasteiger charge is 2.17. The second-order valence-corrected chi connectivity index (χ2v) is 5.52. The lowest BCUT2D eigenvalue weighted by atomic mass is 10.1. The van der Waals surface area contributed by atoms with E-state index in [1.54, 1.807) is 6.92 Å². The fourth-order valence-corrected chi connectivity index (χ4v) is 2.01. The molecule has 0 aliphatic carbocycles. The van der Waals surface area contributed by atoms with Crippen molar-refractivity contribution in [3.05, 3.63) is 41.4 Å². The van der Waals surface area contributed by atoms with E-state index in [9.17, 15) is 8.78 Å². The maximum Gasteiger partial charge on any atom is 0.196 e. The predicted molar refractivity (Wildman–Crippen MR) is 78.0 cm³/mol. The smallest absolute Gasteiger partial charge is 0.196 e. The lowest BCUT2D eigenvalue weighted by molar-refractivity contribution is 0.476. The predicted octanol–water partition coefficient (Wildman–Crippen LogP) is 3.72. The van der Waals surface area contributed by atoms with Crippen LogP contribution in [0.5, 0.6) is 0 Å². The number of hydrogen-bond donors (Lipinski definition) is 1. The standard InChI is InChI=1S/C16H20F2N2O/c1-10(2)8-19-7-6-14-20-9-13(21-14)15-12(17)5-4-11(3)16(15)18/h4-5,9-10,19H,6-8H2,1-3H3. The second kappa shape index (κ2) is 6.80. The number of hydrogen-bond acceptors (Lipinski definition) is 3. The highest BCUT2D eigenvalue weighted by molar-refractivity contribution is 5.59. The van der Waals surface area contributed by atoms with Gasteiger partial charge in [0, 0.05) is 13.0 Å². The number of nitrogens with zero attached hydrogens (tertiary/aromatic N) is 1. The molecule has 0 aliphatic rings. The van der Waals surface area contributed by atoms with Crippen LogP contribution in [0.25, 0.3) is 11.3 Å². The molecule has 114 valence electrons. The molecule has 1 N–H and O–H groups in total. The van der Waals surface area contributed by atoms with Crippen molar-refractivity contribution in [3.8, 4) is 11.3 Å². The van der Waals surface area contributed by atoms with E-state index in [1.165, 1.54) is 18.3 Å². The Morgan fingerprint density at radius 2 is 2.05 bits per heavy atom. The van der Waals surface area contributed by atoms with Gasteiger partial charge in [0.15, 0.2) is 11.7 Å². The number of benzene rings is 1. The second-order valence-electron chi connectivity index (χ2n) is 5.52. The first-order chi connectivity index (χ1) is 9.99. The Morgan fingerprint density at radius 3 is 2.76 bits per heavy atom. The van der Waals surface area contributed by atoms with E-state index in [1.807, 2.05) is 0 Å². The molecular weight excluding hydrogens is 274 g/mol. The van der Waals surface area contributed by atoms with Gasteiger partial charge in [-0.1, -0.05) is 19.9 Å². The van der Waals surface area contributed by atoms with Crippen LogP contribution in [0.15, 0.2) is 22.7 Å². The van der Waals surface area contributed by atoms with Crippen LogP contribution in [0.3, 0.4) is 0 Å². The van der Waals surface area contributed by atoms with Crippen molar-refractivity contribution >= 4 is 0 Å². The minimum absolute atomic E-state index is 0.132. The lowest BCUT2D eigenvalue weighted by Gasteiger charge is -2.05. The van der Waals surface area contributed by atoms with E-state index in [0.717, 1.165) is 13.1 Å². The molecule has 2 rings (SSSR count). The van der Waals surface area contributed by atoms with Gasteiger partial charge < -0.3 is 9.73 Å². The fraction of sp³-hybridized carbons (Fsp3) is 0.438. The molecule has 0 unspecified atom stereocenters. The lowest BCUT2D eigenvalue weighted by Crippen LogP contribution is -2.22. The zero-order valence-corrected chi connectivity index (χ0v) is 12.5. The van der Waals surface area contributed by atoms with Gasteiger partial charge in [-0.2, -0.15) is 0 Å². The van der Waals surface area contributed by atoms with Crippen LogP contribution in [0.1, 0.15) is 25.3 Å². The van der Waals surface area contributed by atoms with Crippen molar-refractivity contribution in [2.24, 2.45) is 5.92 Å². The SMILES string of the molecule is Cc1ccc(F)c(-c2cnc(CCNCC(C)C)o2)c1F. The van der Waals surface area contributed by atoms with Crippen molar-refractivity contribution in [3.63, 3.8) is 0 Å². The molecule has 0 radical (unpaired) electrons. The topological polar surface area (TPSA) is 38.1 Å². The minimum Gasteiger partial charge on any atom is -0.440 e. The molecule has 0 aliphatic heterocycles. The molecule has 0 saturated carbocycles. The zero-order valence-electron chi connectivity index (χ0n) is 12.5. The van der Waals surface area contributed by atoms with Crippen LogP contribution in [0, 0.1) is 24.5 Å². The van der Waals surface area contributed by atoms with Crippen LogP contribution < -0.4 is 5.32 Å². The Balaban J connectivity index is 2.08. The summed E-state index contributed by atoms with van der Waals surface area (Å²) in [6, 6.07) is 2.64. The Hall–Kier alpha value is -1.75. The molecule has 2 aromatic rings. The first-order valence-electron chi connectivity index (χ1n) is 7.09. The van der Waals surface area contributed by atoms with Gasteiger partial charge >= 0.3 is 0 Å². The maximum atomic E-state index is 14.0. The van der Waals surface area contributed by atoms with Crippen molar-refractivity contribution in [1.29, 1.82) is 0 Å². The molecule has 3 nitrogen and oxygen atoms in total. The third kappa shape index (κ3) is 3.88. The van der Waals surface area contributed by atoms with Crippen LogP contribution in [-0.4, -0.2) is 18.1 Å². The third-order valence-corrected chi connectivity index (χ3v) is 3.15. The monoisotopic (exact) mass is 294 g/mol. The molecule has 1 aromatic heterocycles. The average Bonchev–Trinajstić information content (AvgIpc) is 2.88. The van der Waals surface area contributed by atoms with Gasteiger partial charge in [-0.05, 0) is 31.0 Å². The summed E-state index contributed by atoms with van der Waals surface area (Å²) in [4.78, 5) is 4.08. The summed E-state index contributed by atoms with van der Waals surface area (Å²) in [6.07, 6.45) is 1.96. The Bertz CT molecular complexity index is 608. The van der Waals surface area contributed by atoms with Gasteiger partial charge in [-0.25, -0.2) is 13.8 Å². The van der Waals surface area contributed by atoms with E-state index in [4.69, 9.17) is 4.42 Å². The molecule has 21 heavy (non-hydrogen) atoms.